The summed E-state index contributed by atoms with van der Waals surface area (Å²) in [4.78, 5) is 0. The van der Waals surface area contributed by atoms with Gasteiger partial charge < -0.3 is 5.32 Å². The third-order valence-corrected chi connectivity index (χ3v) is 3.49. The third-order valence-electron chi connectivity index (χ3n) is 3.18. The first-order valence-corrected chi connectivity index (χ1v) is 6.69. The second kappa shape index (κ2) is 6.65. The van der Waals surface area contributed by atoms with Crippen LogP contribution in [0.3, 0.4) is 0 Å². The lowest BCUT2D eigenvalue weighted by Gasteiger charge is -2.10. The molecule has 0 radical (unpaired) electrons. The molecule has 1 rings (SSSR count). The predicted octanol–water partition coefficient (Wildman–Crippen LogP) is 4.79. The molecular weight excluding hydrogens is 242 g/mol. The van der Waals surface area contributed by atoms with Crippen LogP contribution in [0.2, 0.25) is 0 Å². The fourth-order valence-corrected chi connectivity index (χ4v) is 2.11. The van der Waals surface area contributed by atoms with Crippen LogP contribution in [0.1, 0.15) is 37.0 Å². The first-order chi connectivity index (χ1) is 8.49. The van der Waals surface area contributed by atoms with Crippen molar-refractivity contribution >= 4 is 16.6 Å². The second-order valence-electron chi connectivity index (χ2n) is 4.61. The van der Waals surface area contributed by atoms with E-state index < -0.39 is 0 Å². The number of allylic oxidation sites excluding steroid dienone is 2. The largest absolute Gasteiger partial charge is 0.388 e. The first-order valence-electron chi connectivity index (χ1n) is 6.32. The van der Waals surface area contributed by atoms with E-state index in [1.165, 1.54) is 16.7 Å². The van der Waals surface area contributed by atoms with Gasteiger partial charge >= 0.3 is 0 Å². The van der Waals surface area contributed by atoms with Crippen LogP contribution >= 0.6 is 11.6 Å². The summed E-state index contributed by atoms with van der Waals surface area (Å²) in [6.07, 6.45) is 3.03. The van der Waals surface area contributed by atoms with Crippen molar-refractivity contribution in [1.82, 2.24) is 5.32 Å². The Morgan fingerprint density at radius 2 is 2.00 bits per heavy atom. The van der Waals surface area contributed by atoms with Gasteiger partial charge in [0.1, 0.15) is 0 Å². The minimum absolute atomic E-state index is 0.786. The van der Waals surface area contributed by atoms with Gasteiger partial charge in [0.2, 0.25) is 0 Å². The summed E-state index contributed by atoms with van der Waals surface area (Å²) in [5.41, 5.74) is 5.94. The Morgan fingerprint density at radius 3 is 2.56 bits per heavy atom. The van der Waals surface area contributed by atoms with Crippen molar-refractivity contribution in [1.29, 1.82) is 0 Å². The zero-order chi connectivity index (χ0) is 13.7. The van der Waals surface area contributed by atoms with Gasteiger partial charge in [-0.2, -0.15) is 0 Å². The van der Waals surface area contributed by atoms with E-state index in [2.05, 4.69) is 51.2 Å². The topological polar surface area (TPSA) is 12.0 Å². The van der Waals surface area contributed by atoms with E-state index in [1.54, 1.807) is 0 Å². The SMILES string of the molecule is CC/C(C)=C(\C=C(\Cl)c1cc(C)ccc1C)NC. The van der Waals surface area contributed by atoms with Gasteiger partial charge in [-0.3, -0.25) is 0 Å². The van der Waals surface area contributed by atoms with E-state index in [0.29, 0.717) is 0 Å². The molecule has 0 unspecified atom stereocenters. The van der Waals surface area contributed by atoms with Crippen LogP contribution in [-0.4, -0.2) is 7.05 Å². The van der Waals surface area contributed by atoms with Crippen molar-refractivity contribution in [2.45, 2.75) is 34.1 Å². The van der Waals surface area contributed by atoms with Crippen molar-refractivity contribution in [2.75, 3.05) is 7.05 Å². The van der Waals surface area contributed by atoms with E-state index in [-0.39, 0.29) is 0 Å². The molecule has 0 atom stereocenters. The third kappa shape index (κ3) is 3.64. The Kier molecular flexibility index (Phi) is 5.49. The summed E-state index contributed by atoms with van der Waals surface area (Å²) in [7, 11) is 1.93. The molecule has 0 fully saturated rings. The Labute approximate surface area is 116 Å². The Hall–Kier alpha value is -1.21. The number of aryl methyl sites for hydroxylation is 2. The van der Waals surface area contributed by atoms with Gasteiger partial charge in [-0.1, -0.05) is 47.9 Å². The average Bonchev–Trinajstić information content (AvgIpc) is 2.37. The van der Waals surface area contributed by atoms with E-state index in [9.17, 15) is 0 Å². The molecule has 0 aromatic heterocycles. The number of hydrogen-bond donors (Lipinski definition) is 1. The lowest BCUT2D eigenvalue weighted by atomic mass is 10.0. The maximum absolute atomic E-state index is 6.44. The highest BCUT2D eigenvalue weighted by molar-refractivity contribution is 6.49. The van der Waals surface area contributed by atoms with Crippen LogP contribution < -0.4 is 5.32 Å². The summed E-state index contributed by atoms with van der Waals surface area (Å²) < 4.78 is 0. The van der Waals surface area contributed by atoms with Crippen LogP contribution in [-0.2, 0) is 0 Å². The minimum Gasteiger partial charge on any atom is -0.388 e. The van der Waals surface area contributed by atoms with E-state index in [4.69, 9.17) is 11.6 Å². The van der Waals surface area contributed by atoms with Crippen molar-refractivity contribution in [3.8, 4) is 0 Å². The Balaban J connectivity index is 3.20. The number of nitrogens with one attached hydrogen (secondary N) is 1. The highest BCUT2D eigenvalue weighted by Gasteiger charge is 2.05. The highest BCUT2D eigenvalue weighted by atomic mass is 35.5. The molecule has 0 heterocycles. The van der Waals surface area contributed by atoms with Crippen molar-refractivity contribution < 1.29 is 0 Å². The summed E-state index contributed by atoms with van der Waals surface area (Å²) in [5.74, 6) is 0. The fraction of sp³-hybridized carbons (Fsp3) is 0.375. The number of hydrogen-bond acceptors (Lipinski definition) is 1. The Bertz CT molecular complexity index is 484. The molecule has 0 aliphatic heterocycles. The smallest absolute Gasteiger partial charge is 0.0501 e. The number of likely N-dealkylation sites (N-methyl/N-ethyl adjacent to an activating group) is 1. The highest BCUT2D eigenvalue weighted by Crippen LogP contribution is 2.25. The fourth-order valence-electron chi connectivity index (χ4n) is 1.80. The maximum atomic E-state index is 6.44. The van der Waals surface area contributed by atoms with Gasteiger partial charge in [-0.25, -0.2) is 0 Å². The Morgan fingerprint density at radius 1 is 1.33 bits per heavy atom. The van der Waals surface area contributed by atoms with Gasteiger partial charge in [0.25, 0.3) is 0 Å². The van der Waals surface area contributed by atoms with Gasteiger partial charge in [-0.05, 0) is 44.4 Å². The lowest BCUT2D eigenvalue weighted by Crippen LogP contribution is -2.06. The maximum Gasteiger partial charge on any atom is 0.0501 e. The van der Waals surface area contributed by atoms with E-state index in [0.717, 1.165) is 22.7 Å². The van der Waals surface area contributed by atoms with E-state index in [1.807, 2.05) is 13.1 Å². The molecule has 1 N–H and O–H groups in total. The molecule has 0 spiro atoms. The molecule has 18 heavy (non-hydrogen) atoms. The monoisotopic (exact) mass is 263 g/mol. The minimum atomic E-state index is 0.786. The van der Waals surface area contributed by atoms with Crippen LogP contribution in [0, 0.1) is 13.8 Å². The number of rotatable bonds is 4. The van der Waals surface area contributed by atoms with Crippen LogP contribution in [0.5, 0.6) is 0 Å². The summed E-state index contributed by atoms with van der Waals surface area (Å²) in [5, 5.41) is 3.99. The van der Waals surface area contributed by atoms with Crippen LogP contribution in [0.4, 0.5) is 0 Å². The number of halogens is 1. The lowest BCUT2D eigenvalue weighted by molar-refractivity contribution is 0.956. The molecule has 0 bridgehead atoms. The average molecular weight is 264 g/mol. The molecule has 0 saturated carbocycles. The van der Waals surface area contributed by atoms with Gasteiger partial charge in [0, 0.05) is 12.7 Å². The van der Waals surface area contributed by atoms with Crippen molar-refractivity contribution in [3.05, 3.63) is 52.2 Å². The molecule has 1 aromatic rings. The molecular formula is C16H22ClN. The molecule has 1 nitrogen and oxygen atoms in total. The second-order valence-corrected chi connectivity index (χ2v) is 5.02. The van der Waals surface area contributed by atoms with Crippen molar-refractivity contribution in [3.63, 3.8) is 0 Å². The molecule has 1 aromatic carbocycles. The molecule has 0 saturated heterocycles. The zero-order valence-corrected chi connectivity index (χ0v) is 12.7. The normalized spacial score (nSPS) is 13.3. The van der Waals surface area contributed by atoms with Gasteiger partial charge in [0.05, 0.1) is 5.03 Å². The predicted molar refractivity (Wildman–Crippen MR) is 81.8 cm³/mol. The molecule has 0 aliphatic rings. The summed E-state index contributed by atoms with van der Waals surface area (Å²) in [6, 6.07) is 6.34. The van der Waals surface area contributed by atoms with Crippen LogP contribution in [0.25, 0.3) is 5.03 Å². The molecule has 0 aliphatic carbocycles. The number of benzene rings is 1. The van der Waals surface area contributed by atoms with E-state index >= 15 is 0 Å². The van der Waals surface area contributed by atoms with Crippen LogP contribution in [0.15, 0.2) is 35.5 Å². The van der Waals surface area contributed by atoms with Crippen molar-refractivity contribution in [2.24, 2.45) is 0 Å². The summed E-state index contributed by atoms with van der Waals surface area (Å²) >= 11 is 6.44. The molecule has 0 amide bonds. The first kappa shape index (κ1) is 14.8. The quantitative estimate of drug-likeness (QED) is 0.771. The molecule has 2 heteroatoms. The molecule has 98 valence electrons. The van der Waals surface area contributed by atoms with Gasteiger partial charge in [0.15, 0.2) is 0 Å². The summed E-state index contributed by atoms with van der Waals surface area (Å²) in [6.45, 7) is 8.43. The standard InChI is InChI=1S/C16H22ClN/c1-6-12(3)16(18-5)10-15(17)14-9-11(2)7-8-13(14)4/h7-10,18H,6H2,1-5H3/b15-10+,16-12+. The zero-order valence-electron chi connectivity index (χ0n) is 11.9. The van der Waals surface area contributed by atoms with Gasteiger partial charge in [-0.15, -0.1) is 0 Å².